The van der Waals surface area contributed by atoms with Crippen LogP contribution in [0.25, 0.3) is 0 Å². The van der Waals surface area contributed by atoms with Gasteiger partial charge in [0.1, 0.15) is 5.75 Å². The minimum atomic E-state index is -3.17. The predicted octanol–water partition coefficient (Wildman–Crippen LogP) is 0.630. The number of ether oxygens (including phenoxy) is 1. The van der Waals surface area contributed by atoms with Crippen molar-refractivity contribution in [1.82, 2.24) is 10.9 Å². The molecule has 142 valence electrons. The van der Waals surface area contributed by atoms with Crippen molar-refractivity contribution >= 4 is 27.4 Å². The normalized spacial score (nSPS) is 18.1. The molecule has 2 N–H and O–H groups in total. The lowest BCUT2D eigenvalue weighted by Gasteiger charge is -2.10. The highest BCUT2D eigenvalue weighted by molar-refractivity contribution is 7.91. The highest BCUT2D eigenvalue weighted by Gasteiger charge is 2.33. The predicted molar refractivity (Wildman–Crippen MR) is 94.2 cm³/mol. The van der Waals surface area contributed by atoms with Crippen molar-refractivity contribution < 1.29 is 27.5 Å². The van der Waals surface area contributed by atoms with E-state index in [1.807, 2.05) is 6.92 Å². The molecule has 0 radical (unpaired) electrons. The fourth-order valence-electron chi connectivity index (χ4n) is 2.57. The van der Waals surface area contributed by atoms with Crippen LogP contribution < -0.4 is 15.6 Å². The van der Waals surface area contributed by atoms with Gasteiger partial charge in [0.2, 0.25) is 11.8 Å². The van der Waals surface area contributed by atoms with Gasteiger partial charge in [-0.15, -0.1) is 0 Å². The molecule has 8 nitrogen and oxygen atoms in total. The van der Waals surface area contributed by atoms with Gasteiger partial charge in [-0.3, -0.25) is 25.2 Å². The molecule has 0 saturated carbocycles. The summed E-state index contributed by atoms with van der Waals surface area (Å²) < 4.78 is 28.0. The Bertz CT molecular complexity index is 773. The molecule has 1 aromatic carbocycles. The van der Waals surface area contributed by atoms with Gasteiger partial charge in [-0.1, -0.05) is 0 Å². The van der Waals surface area contributed by atoms with Crippen LogP contribution in [0.2, 0.25) is 0 Å². The zero-order valence-corrected chi connectivity index (χ0v) is 15.3. The molecule has 1 aliphatic heterocycles. The second kappa shape index (κ2) is 8.79. The maximum atomic E-state index is 12.1. The second-order valence-corrected chi connectivity index (χ2v) is 8.25. The van der Waals surface area contributed by atoms with Gasteiger partial charge in [0.25, 0.3) is 0 Å². The highest BCUT2D eigenvalue weighted by atomic mass is 32.2. The molecule has 1 fully saturated rings. The molecule has 26 heavy (non-hydrogen) atoms. The Morgan fingerprint density at radius 2 is 1.81 bits per heavy atom. The van der Waals surface area contributed by atoms with E-state index in [1.165, 1.54) is 0 Å². The van der Waals surface area contributed by atoms with Crippen molar-refractivity contribution in [2.75, 3.05) is 18.1 Å². The van der Waals surface area contributed by atoms with Crippen molar-refractivity contribution in [2.24, 2.45) is 5.92 Å². The van der Waals surface area contributed by atoms with Crippen molar-refractivity contribution in [3.63, 3.8) is 0 Å². The first-order valence-electron chi connectivity index (χ1n) is 8.36. The summed E-state index contributed by atoms with van der Waals surface area (Å²) in [6, 6.07) is 6.64. The molecule has 1 heterocycles. The van der Waals surface area contributed by atoms with Crippen LogP contribution >= 0.6 is 0 Å². The number of nitrogens with one attached hydrogen (secondary N) is 2. The Morgan fingerprint density at radius 1 is 1.12 bits per heavy atom. The molecular formula is C17H22N2O6S. The van der Waals surface area contributed by atoms with Crippen LogP contribution in [0.15, 0.2) is 24.3 Å². The molecule has 0 aromatic heterocycles. The summed E-state index contributed by atoms with van der Waals surface area (Å²) in [5, 5.41) is 0. The third-order valence-corrected chi connectivity index (χ3v) is 5.76. The third kappa shape index (κ3) is 5.83. The van der Waals surface area contributed by atoms with E-state index in [-0.39, 0.29) is 36.6 Å². The van der Waals surface area contributed by atoms with Crippen molar-refractivity contribution in [2.45, 2.75) is 26.2 Å². The van der Waals surface area contributed by atoms with Crippen LogP contribution in [0.4, 0.5) is 0 Å². The number of Topliss-reactive ketones (excluding diaryl/α,β-unsaturated/α-hetero) is 1. The van der Waals surface area contributed by atoms with E-state index in [1.54, 1.807) is 24.3 Å². The Hall–Kier alpha value is -2.42. The zero-order valence-electron chi connectivity index (χ0n) is 14.5. The lowest BCUT2D eigenvalue weighted by molar-refractivity contribution is -0.130. The van der Waals surface area contributed by atoms with Gasteiger partial charge in [-0.05, 0) is 37.6 Å². The molecule has 0 aliphatic carbocycles. The molecular weight excluding hydrogens is 360 g/mol. The van der Waals surface area contributed by atoms with E-state index >= 15 is 0 Å². The lowest BCUT2D eigenvalue weighted by Crippen LogP contribution is -2.44. The summed E-state index contributed by atoms with van der Waals surface area (Å²) >= 11 is 0. The van der Waals surface area contributed by atoms with Gasteiger partial charge in [-0.25, -0.2) is 8.42 Å². The molecule has 9 heteroatoms. The molecule has 2 rings (SSSR count). The molecule has 2 amide bonds. The monoisotopic (exact) mass is 382 g/mol. The first-order chi connectivity index (χ1) is 12.3. The number of amides is 2. The van der Waals surface area contributed by atoms with Crippen molar-refractivity contribution in [3.05, 3.63) is 29.8 Å². The van der Waals surface area contributed by atoms with Gasteiger partial charge in [0.15, 0.2) is 15.6 Å². The zero-order chi connectivity index (χ0) is 19.2. The number of hydrogen-bond donors (Lipinski definition) is 2. The minimum absolute atomic E-state index is 0.00646. The Kier molecular flexibility index (Phi) is 6.73. The quantitative estimate of drug-likeness (QED) is 0.527. The number of carbonyl (C=O) groups excluding carboxylic acids is 3. The van der Waals surface area contributed by atoms with Crippen molar-refractivity contribution in [3.8, 4) is 5.75 Å². The van der Waals surface area contributed by atoms with E-state index in [2.05, 4.69) is 10.9 Å². The molecule has 0 spiro atoms. The number of rotatable bonds is 7. The summed E-state index contributed by atoms with van der Waals surface area (Å²) in [6.07, 6.45) is 0.156. The van der Waals surface area contributed by atoms with Crippen LogP contribution in [0, 0.1) is 5.92 Å². The lowest BCUT2D eigenvalue weighted by atomic mass is 10.1. The molecule has 1 atom stereocenters. The molecule has 0 unspecified atom stereocenters. The Morgan fingerprint density at radius 3 is 2.38 bits per heavy atom. The summed E-state index contributed by atoms with van der Waals surface area (Å²) in [4.78, 5) is 35.6. The average Bonchev–Trinajstić information content (AvgIpc) is 2.98. The summed E-state index contributed by atoms with van der Waals surface area (Å²) in [5.74, 6) is -1.45. The molecule has 1 aromatic rings. The molecule has 1 saturated heterocycles. The number of ketones is 1. The maximum absolute atomic E-state index is 12.1. The summed E-state index contributed by atoms with van der Waals surface area (Å²) in [6.45, 7) is 2.40. The van der Waals surface area contributed by atoms with Gasteiger partial charge in [-0.2, -0.15) is 0 Å². The number of hydrogen-bond acceptors (Lipinski definition) is 6. The van der Waals surface area contributed by atoms with Gasteiger partial charge in [0.05, 0.1) is 24.0 Å². The van der Waals surface area contributed by atoms with Crippen LogP contribution in [0.5, 0.6) is 5.75 Å². The van der Waals surface area contributed by atoms with E-state index in [4.69, 9.17) is 4.74 Å². The first-order valence-corrected chi connectivity index (χ1v) is 10.2. The van der Waals surface area contributed by atoms with Crippen LogP contribution in [0.3, 0.4) is 0 Å². The summed E-state index contributed by atoms with van der Waals surface area (Å²) in [7, 11) is -3.17. The Balaban J connectivity index is 1.72. The standard InChI is InChI=1S/C17H22N2O6S/c1-2-25-14-5-3-12(4-6-14)15(20)7-8-16(21)18-19-17(22)13-9-10-26(23,24)11-13/h3-6,13H,2,7-11H2,1H3,(H,18,21)(H,19,22)/t13-/m0/s1. The molecule has 0 bridgehead atoms. The largest absolute Gasteiger partial charge is 0.494 e. The summed E-state index contributed by atoms with van der Waals surface area (Å²) in [5.41, 5.74) is 4.90. The van der Waals surface area contributed by atoms with Gasteiger partial charge in [0, 0.05) is 18.4 Å². The maximum Gasteiger partial charge on any atom is 0.242 e. The van der Waals surface area contributed by atoms with Gasteiger partial charge >= 0.3 is 0 Å². The SMILES string of the molecule is CCOc1ccc(C(=O)CCC(=O)NNC(=O)[C@H]2CCS(=O)(=O)C2)cc1. The van der Waals surface area contributed by atoms with Crippen LogP contribution in [-0.2, 0) is 19.4 Å². The fourth-order valence-corrected chi connectivity index (χ4v) is 4.31. The highest BCUT2D eigenvalue weighted by Crippen LogP contribution is 2.18. The topological polar surface area (TPSA) is 119 Å². The van der Waals surface area contributed by atoms with E-state index in [0.717, 1.165) is 0 Å². The van der Waals surface area contributed by atoms with E-state index < -0.39 is 27.6 Å². The number of hydrazine groups is 1. The third-order valence-electron chi connectivity index (χ3n) is 3.99. The minimum Gasteiger partial charge on any atom is -0.494 e. The van der Waals surface area contributed by atoms with Crippen molar-refractivity contribution in [1.29, 1.82) is 0 Å². The fraction of sp³-hybridized carbons (Fsp3) is 0.471. The average molecular weight is 382 g/mol. The Labute approximate surface area is 152 Å². The smallest absolute Gasteiger partial charge is 0.242 e. The van der Waals surface area contributed by atoms with Gasteiger partial charge < -0.3 is 4.74 Å². The van der Waals surface area contributed by atoms with E-state index in [9.17, 15) is 22.8 Å². The first kappa shape index (κ1) is 19.9. The second-order valence-electron chi connectivity index (χ2n) is 6.02. The molecule has 1 aliphatic rings. The van der Waals surface area contributed by atoms with Crippen LogP contribution in [-0.4, -0.2) is 44.1 Å². The number of benzene rings is 1. The number of carbonyl (C=O) groups is 3. The van der Waals surface area contributed by atoms with Crippen LogP contribution in [0.1, 0.15) is 36.5 Å². The number of sulfone groups is 1. The van der Waals surface area contributed by atoms with E-state index in [0.29, 0.717) is 17.9 Å².